The molecule has 94 valence electrons. The molecule has 0 aliphatic rings. The molecule has 0 fully saturated rings. The van der Waals surface area contributed by atoms with Crippen molar-refractivity contribution in [3.05, 3.63) is 45.9 Å². The van der Waals surface area contributed by atoms with E-state index in [9.17, 15) is 9.90 Å². The third-order valence-electron chi connectivity index (χ3n) is 2.69. The summed E-state index contributed by atoms with van der Waals surface area (Å²) in [7, 11) is 1.72. The number of amides is 1. The van der Waals surface area contributed by atoms with Gasteiger partial charge in [-0.15, -0.1) is 11.3 Å². The van der Waals surface area contributed by atoms with E-state index in [0.29, 0.717) is 12.1 Å². The quantitative estimate of drug-likeness (QED) is 0.924. The van der Waals surface area contributed by atoms with E-state index in [4.69, 9.17) is 0 Å². The van der Waals surface area contributed by atoms with Crippen LogP contribution in [0.25, 0.3) is 0 Å². The Kier molecular flexibility index (Phi) is 3.62. The van der Waals surface area contributed by atoms with Crippen LogP contribution in [0.3, 0.4) is 0 Å². The second-order valence-electron chi connectivity index (χ2n) is 4.14. The number of aryl methyl sites for hydroxylation is 1. The molecule has 0 bridgehead atoms. The molecule has 1 heterocycles. The van der Waals surface area contributed by atoms with Crippen LogP contribution in [-0.2, 0) is 6.54 Å². The molecule has 0 saturated heterocycles. The fourth-order valence-corrected chi connectivity index (χ4v) is 2.14. The molecule has 2 rings (SSSR count). The highest BCUT2D eigenvalue weighted by molar-refractivity contribution is 7.07. The van der Waals surface area contributed by atoms with Gasteiger partial charge in [0.15, 0.2) is 0 Å². The molecule has 0 aliphatic carbocycles. The summed E-state index contributed by atoms with van der Waals surface area (Å²) in [5.41, 5.74) is 3.85. The number of phenolic OH excluding ortho intramolecular Hbond substituents is 1. The van der Waals surface area contributed by atoms with Gasteiger partial charge in [-0.25, -0.2) is 4.98 Å². The predicted octanol–water partition coefficient (Wildman–Crippen LogP) is 2.43. The SMILES string of the molecule is Cc1ccc(C(=O)N(C)Cc2cscn2)cc1O. The number of hydrogen-bond donors (Lipinski definition) is 1. The van der Waals surface area contributed by atoms with Crippen molar-refractivity contribution in [1.29, 1.82) is 0 Å². The summed E-state index contributed by atoms with van der Waals surface area (Å²) in [5.74, 6) is 0.0150. The summed E-state index contributed by atoms with van der Waals surface area (Å²) in [6.07, 6.45) is 0. The third-order valence-corrected chi connectivity index (χ3v) is 3.32. The van der Waals surface area contributed by atoms with E-state index in [-0.39, 0.29) is 11.7 Å². The summed E-state index contributed by atoms with van der Waals surface area (Å²) in [6.45, 7) is 2.26. The van der Waals surface area contributed by atoms with E-state index in [1.165, 1.54) is 17.4 Å². The van der Waals surface area contributed by atoms with E-state index < -0.39 is 0 Å². The molecule has 0 unspecified atom stereocenters. The first-order chi connectivity index (χ1) is 8.58. The van der Waals surface area contributed by atoms with Gasteiger partial charge in [0.1, 0.15) is 5.75 Å². The van der Waals surface area contributed by atoms with E-state index in [1.807, 2.05) is 5.38 Å². The molecule has 4 nitrogen and oxygen atoms in total. The van der Waals surface area contributed by atoms with Crippen molar-refractivity contribution in [3.63, 3.8) is 0 Å². The Hall–Kier alpha value is -1.88. The number of benzene rings is 1. The maximum absolute atomic E-state index is 12.1. The highest BCUT2D eigenvalue weighted by Crippen LogP contribution is 2.18. The fraction of sp³-hybridized carbons (Fsp3) is 0.231. The molecule has 18 heavy (non-hydrogen) atoms. The maximum Gasteiger partial charge on any atom is 0.254 e. The smallest absolute Gasteiger partial charge is 0.254 e. The molecule has 0 atom stereocenters. The van der Waals surface area contributed by atoms with Crippen LogP contribution in [0.5, 0.6) is 5.75 Å². The van der Waals surface area contributed by atoms with Crippen molar-refractivity contribution in [1.82, 2.24) is 9.88 Å². The van der Waals surface area contributed by atoms with Gasteiger partial charge >= 0.3 is 0 Å². The lowest BCUT2D eigenvalue weighted by Crippen LogP contribution is -2.26. The van der Waals surface area contributed by atoms with Crippen molar-refractivity contribution >= 4 is 17.2 Å². The minimum atomic E-state index is -0.127. The van der Waals surface area contributed by atoms with Crippen LogP contribution in [0.2, 0.25) is 0 Å². The van der Waals surface area contributed by atoms with Crippen LogP contribution in [0.1, 0.15) is 21.6 Å². The Labute approximate surface area is 110 Å². The Bertz CT molecular complexity index is 552. The number of rotatable bonds is 3. The van der Waals surface area contributed by atoms with Gasteiger partial charge in [-0.1, -0.05) is 6.07 Å². The van der Waals surface area contributed by atoms with E-state index in [2.05, 4.69) is 4.98 Å². The lowest BCUT2D eigenvalue weighted by molar-refractivity contribution is 0.0783. The van der Waals surface area contributed by atoms with Crippen LogP contribution in [0, 0.1) is 6.92 Å². The molecule has 5 heteroatoms. The Balaban J connectivity index is 2.12. The number of phenols is 1. The van der Waals surface area contributed by atoms with Crippen molar-refractivity contribution in [3.8, 4) is 5.75 Å². The normalized spacial score (nSPS) is 10.3. The van der Waals surface area contributed by atoms with Crippen LogP contribution >= 0.6 is 11.3 Å². The molecule has 0 radical (unpaired) electrons. The monoisotopic (exact) mass is 262 g/mol. The number of nitrogens with zero attached hydrogens (tertiary/aromatic N) is 2. The lowest BCUT2D eigenvalue weighted by Gasteiger charge is -2.16. The number of hydrogen-bond acceptors (Lipinski definition) is 4. The number of carbonyl (C=O) groups is 1. The van der Waals surface area contributed by atoms with Crippen LogP contribution in [0.15, 0.2) is 29.1 Å². The molecule has 0 saturated carbocycles. The summed E-state index contributed by atoms with van der Waals surface area (Å²) in [6, 6.07) is 4.95. The van der Waals surface area contributed by atoms with Gasteiger partial charge < -0.3 is 10.0 Å². The third kappa shape index (κ3) is 2.68. The van der Waals surface area contributed by atoms with E-state index in [0.717, 1.165) is 11.3 Å². The molecule has 1 N–H and O–H groups in total. The average Bonchev–Trinajstić information content (AvgIpc) is 2.84. The van der Waals surface area contributed by atoms with Gasteiger partial charge in [0.05, 0.1) is 17.7 Å². The zero-order chi connectivity index (χ0) is 13.1. The van der Waals surface area contributed by atoms with Gasteiger partial charge in [0.2, 0.25) is 0 Å². The summed E-state index contributed by atoms with van der Waals surface area (Å²) in [4.78, 5) is 17.8. The van der Waals surface area contributed by atoms with Crippen molar-refractivity contribution in [2.24, 2.45) is 0 Å². The molecule has 1 amide bonds. The maximum atomic E-state index is 12.1. The first-order valence-electron chi connectivity index (χ1n) is 5.50. The number of carbonyl (C=O) groups excluding carboxylic acids is 1. The lowest BCUT2D eigenvalue weighted by atomic mass is 10.1. The average molecular weight is 262 g/mol. The van der Waals surface area contributed by atoms with Crippen LogP contribution < -0.4 is 0 Å². The molecule has 1 aromatic carbocycles. The zero-order valence-corrected chi connectivity index (χ0v) is 11.1. The topological polar surface area (TPSA) is 53.4 Å². The summed E-state index contributed by atoms with van der Waals surface area (Å²) >= 11 is 1.50. The van der Waals surface area contributed by atoms with Gasteiger partial charge in [0, 0.05) is 18.0 Å². The molecule has 1 aromatic heterocycles. The summed E-state index contributed by atoms with van der Waals surface area (Å²) < 4.78 is 0. The number of aromatic hydroxyl groups is 1. The van der Waals surface area contributed by atoms with Crippen LogP contribution in [-0.4, -0.2) is 27.9 Å². The molecule has 0 aliphatic heterocycles. The van der Waals surface area contributed by atoms with Crippen molar-refractivity contribution in [2.45, 2.75) is 13.5 Å². The Morgan fingerprint density at radius 1 is 1.50 bits per heavy atom. The van der Waals surface area contributed by atoms with Crippen molar-refractivity contribution in [2.75, 3.05) is 7.05 Å². The van der Waals surface area contributed by atoms with Crippen molar-refractivity contribution < 1.29 is 9.90 Å². The first kappa shape index (κ1) is 12.6. The highest BCUT2D eigenvalue weighted by Gasteiger charge is 2.13. The standard InChI is InChI=1S/C13H14N2O2S/c1-9-3-4-10(5-12(9)16)13(17)15(2)6-11-7-18-8-14-11/h3-5,7-8,16H,6H2,1-2H3. The van der Waals surface area contributed by atoms with E-state index >= 15 is 0 Å². The minimum Gasteiger partial charge on any atom is -0.508 e. The number of thiazole rings is 1. The van der Waals surface area contributed by atoms with Crippen LogP contribution in [0.4, 0.5) is 0 Å². The second-order valence-corrected chi connectivity index (χ2v) is 4.86. The number of aromatic nitrogens is 1. The second kappa shape index (κ2) is 5.18. The molecular weight excluding hydrogens is 248 g/mol. The fourth-order valence-electron chi connectivity index (χ4n) is 1.59. The van der Waals surface area contributed by atoms with Gasteiger partial charge in [-0.2, -0.15) is 0 Å². The van der Waals surface area contributed by atoms with Gasteiger partial charge in [-0.05, 0) is 24.6 Å². The Morgan fingerprint density at radius 2 is 2.28 bits per heavy atom. The molecular formula is C13H14N2O2S. The predicted molar refractivity (Wildman–Crippen MR) is 70.8 cm³/mol. The summed E-state index contributed by atoms with van der Waals surface area (Å²) in [5, 5.41) is 11.5. The van der Waals surface area contributed by atoms with E-state index in [1.54, 1.807) is 36.5 Å². The molecule has 2 aromatic rings. The van der Waals surface area contributed by atoms with Gasteiger partial charge in [-0.3, -0.25) is 4.79 Å². The minimum absolute atomic E-state index is 0.127. The molecule has 0 spiro atoms. The first-order valence-corrected chi connectivity index (χ1v) is 6.44. The van der Waals surface area contributed by atoms with Gasteiger partial charge in [0.25, 0.3) is 5.91 Å². The largest absolute Gasteiger partial charge is 0.508 e. The highest BCUT2D eigenvalue weighted by atomic mass is 32.1. The zero-order valence-electron chi connectivity index (χ0n) is 10.3. The Morgan fingerprint density at radius 3 is 2.89 bits per heavy atom.